The number of hydrogen-bond acceptors (Lipinski definition) is 4. The fourth-order valence-electron chi connectivity index (χ4n) is 4.05. The molecule has 6 nitrogen and oxygen atoms in total. The Morgan fingerprint density at radius 3 is 1.87 bits per heavy atom. The number of nitrogens with one attached hydrogen (secondary N) is 1. The van der Waals surface area contributed by atoms with Gasteiger partial charge in [-0.25, -0.2) is 0 Å². The second-order valence-corrected chi connectivity index (χ2v) is 11.5. The van der Waals surface area contributed by atoms with Gasteiger partial charge in [0.05, 0.1) is 17.9 Å². The maximum absolute atomic E-state index is 12.3. The Kier molecular flexibility index (Phi) is 24.4. The van der Waals surface area contributed by atoms with E-state index in [2.05, 4.69) is 55.6 Å². The number of aliphatic hydroxyl groups is 1. The van der Waals surface area contributed by atoms with Crippen molar-refractivity contribution in [1.82, 2.24) is 5.32 Å². The van der Waals surface area contributed by atoms with Crippen LogP contribution in [0.15, 0.2) is 48.6 Å². The minimum atomic E-state index is -4.33. The Morgan fingerprint density at radius 1 is 0.737 bits per heavy atom. The monoisotopic (exact) mass is 553 g/mol. The van der Waals surface area contributed by atoms with Crippen LogP contribution in [0.4, 0.5) is 0 Å². The average molecular weight is 554 g/mol. The fourth-order valence-corrected chi connectivity index (χ4v) is 4.78. The van der Waals surface area contributed by atoms with Crippen molar-refractivity contribution in [3.05, 3.63) is 48.6 Å². The summed E-state index contributed by atoms with van der Waals surface area (Å²) in [6, 6.07) is -1.06. The van der Waals surface area contributed by atoms with Crippen LogP contribution in [0.2, 0.25) is 0 Å². The largest absolute Gasteiger partial charge is 0.387 e. The Balaban J connectivity index is 4.11. The van der Waals surface area contributed by atoms with E-state index in [0.717, 1.165) is 70.6 Å². The average Bonchev–Trinajstić information content (AvgIpc) is 2.86. The van der Waals surface area contributed by atoms with Gasteiger partial charge in [0, 0.05) is 6.42 Å². The first-order valence-corrected chi connectivity index (χ1v) is 16.4. The van der Waals surface area contributed by atoms with E-state index in [1.54, 1.807) is 0 Å². The minimum Gasteiger partial charge on any atom is -0.387 e. The first kappa shape index (κ1) is 36.3. The molecule has 0 aromatic rings. The van der Waals surface area contributed by atoms with Crippen LogP contribution in [0.5, 0.6) is 0 Å². The van der Waals surface area contributed by atoms with Gasteiger partial charge in [0.25, 0.3) is 10.1 Å². The van der Waals surface area contributed by atoms with Crippen LogP contribution < -0.4 is 5.32 Å². The number of rotatable bonds is 25. The third-order valence-electron chi connectivity index (χ3n) is 6.26. The summed E-state index contributed by atoms with van der Waals surface area (Å²) in [5, 5.41) is 13.0. The number of amides is 1. The van der Waals surface area contributed by atoms with E-state index < -0.39 is 28.0 Å². The van der Waals surface area contributed by atoms with Gasteiger partial charge >= 0.3 is 0 Å². The van der Waals surface area contributed by atoms with Crippen LogP contribution in [0.25, 0.3) is 0 Å². The highest BCUT2D eigenvalue weighted by molar-refractivity contribution is 7.85. The van der Waals surface area contributed by atoms with E-state index >= 15 is 0 Å². The predicted octanol–water partition coefficient (Wildman–Crippen LogP) is 7.62. The van der Waals surface area contributed by atoms with Gasteiger partial charge in [0.1, 0.15) is 0 Å². The van der Waals surface area contributed by atoms with Crippen LogP contribution in [0, 0.1) is 0 Å². The van der Waals surface area contributed by atoms with E-state index in [1.165, 1.54) is 31.8 Å². The van der Waals surface area contributed by atoms with Gasteiger partial charge in [0.2, 0.25) is 5.91 Å². The second-order valence-electron chi connectivity index (χ2n) is 10.00. The normalized spacial score (nSPS) is 14.3. The number of unbranched alkanes of at least 4 members (excludes halogenated alkanes) is 11. The lowest BCUT2D eigenvalue weighted by Gasteiger charge is -2.21. The van der Waals surface area contributed by atoms with Crippen molar-refractivity contribution in [1.29, 1.82) is 0 Å². The molecule has 0 aromatic heterocycles. The van der Waals surface area contributed by atoms with E-state index in [9.17, 15) is 22.9 Å². The summed E-state index contributed by atoms with van der Waals surface area (Å²) in [5.41, 5.74) is 0. The molecule has 0 heterocycles. The lowest BCUT2D eigenvalue weighted by Crippen LogP contribution is -2.46. The molecular formula is C31H55NO5S. The van der Waals surface area contributed by atoms with Crippen molar-refractivity contribution >= 4 is 16.0 Å². The van der Waals surface area contributed by atoms with Crippen molar-refractivity contribution in [2.45, 2.75) is 135 Å². The number of carbonyl (C=O) groups is 1. The third kappa shape index (κ3) is 25.9. The molecule has 2 atom stereocenters. The Hall–Kier alpha value is -1.70. The van der Waals surface area contributed by atoms with Gasteiger partial charge in [-0.2, -0.15) is 8.42 Å². The summed E-state index contributed by atoms with van der Waals surface area (Å²) >= 11 is 0. The molecule has 0 fully saturated rings. The van der Waals surface area contributed by atoms with Crippen molar-refractivity contribution in [3.63, 3.8) is 0 Å². The van der Waals surface area contributed by atoms with Crippen LogP contribution in [0.1, 0.15) is 123 Å². The molecule has 220 valence electrons. The molecule has 0 rings (SSSR count). The molecule has 0 saturated heterocycles. The Morgan fingerprint density at radius 2 is 1.26 bits per heavy atom. The maximum Gasteiger partial charge on any atom is 0.267 e. The topological polar surface area (TPSA) is 104 Å². The van der Waals surface area contributed by atoms with Crippen molar-refractivity contribution < 1.29 is 22.9 Å². The molecule has 0 saturated carbocycles. The molecule has 0 aliphatic heterocycles. The van der Waals surface area contributed by atoms with Crippen LogP contribution >= 0.6 is 0 Å². The fraction of sp³-hybridized carbons (Fsp3) is 0.710. The van der Waals surface area contributed by atoms with Crippen LogP contribution in [-0.2, 0) is 14.9 Å². The highest BCUT2D eigenvalue weighted by Crippen LogP contribution is 2.10. The molecule has 0 spiro atoms. The van der Waals surface area contributed by atoms with Gasteiger partial charge in [-0.15, -0.1) is 0 Å². The molecule has 0 bridgehead atoms. The summed E-state index contributed by atoms with van der Waals surface area (Å²) in [5.74, 6) is -1.01. The molecule has 1 amide bonds. The quantitative estimate of drug-likeness (QED) is 0.0613. The SMILES string of the molecule is CC/C=C\C/C=C\C/C=C\CCCCCCCC(=O)NC(CS(=O)(=O)O)C(O)/C=C/CCCCCCCC. The van der Waals surface area contributed by atoms with E-state index in [4.69, 9.17) is 0 Å². The zero-order chi connectivity index (χ0) is 28.3. The first-order valence-electron chi connectivity index (χ1n) is 14.8. The van der Waals surface area contributed by atoms with Crippen LogP contribution in [0.3, 0.4) is 0 Å². The van der Waals surface area contributed by atoms with Gasteiger partial charge in [-0.1, -0.05) is 114 Å². The van der Waals surface area contributed by atoms with E-state index in [0.29, 0.717) is 6.42 Å². The van der Waals surface area contributed by atoms with Crippen molar-refractivity contribution in [3.8, 4) is 0 Å². The molecule has 2 unspecified atom stereocenters. The molecular weight excluding hydrogens is 498 g/mol. The third-order valence-corrected chi connectivity index (χ3v) is 7.04. The molecule has 38 heavy (non-hydrogen) atoms. The standard InChI is InChI=1S/C31H55NO5S/c1-3-5-7-9-11-13-14-15-16-17-18-19-21-23-25-27-31(34)32-29(28-38(35,36)37)30(33)26-24-22-20-12-10-8-6-4-2/h5,7,11,13,15-16,24,26,29-30,33H,3-4,6,8-10,12,14,17-23,25,27-28H2,1-2H3,(H,32,34)(H,35,36,37)/b7-5-,13-11-,16-15-,26-24+. The smallest absolute Gasteiger partial charge is 0.267 e. The Labute approximate surface area is 233 Å². The van der Waals surface area contributed by atoms with Gasteiger partial charge in [-0.05, 0) is 51.4 Å². The summed E-state index contributed by atoms with van der Waals surface area (Å²) in [6.07, 6.45) is 32.4. The van der Waals surface area contributed by atoms with E-state index in [1.807, 2.05) is 6.08 Å². The van der Waals surface area contributed by atoms with Gasteiger partial charge in [-0.3, -0.25) is 9.35 Å². The highest BCUT2D eigenvalue weighted by atomic mass is 32.2. The molecule has 3 N–H and O–H groups in total. The number of hydrogen-bond donors (Lipinski definition) is 3. The molecule has 0 aliphatic rings. The van der Waals surface area contributed by atoms with Crippen LogP contribution in [-0.4, -0.2) is 41.9 Å². The molecule has 0 radical (unpaired) electrons. The molecule has 0 aliphatic carbocycles. The number of carbonyl (C=O) groups excluding carboxylic acids is 1. The van der Waals surface area contributed by atoms with Gasteiger partial charge < -0.3 is 10.4 Å². The summed E-state index contributed by atoms with van der Waals surface area (Å²) in [7, 11) is -4.33. The minimum absolute atomic E-state index is 0.274. The predicted molar refractivity (Wildman–Crippen MR) is 161 cm³/mol. The van der Waals surface area contributed by atoms with Crippen molar-refractivity contribution in [2.75, 3.05) is 5.75 Å². The number of allylic oxidation sites excluding steroid dienone is 7. The zero-order valence-electron chi connectivity index (χ0n) is 24.0. The first-order chi connectivity index (χ1) is 18.3. The molecule has 0 aromatic carbocycles. The lowest BCUT2D eigenvalue weighted by molar-refractivity contribution is -0.122. The number of aliphatic hydroxyl groups excluding tert-OH is 1. The summed E-state index contributed by atoms with van der Waals surface area (Å²) < 4.78 is 32.0. The zero-order valence-corrected chi connectivity index (χ0v) is 24.8. The molecule has 7 heteroatoms. The highest BCUT2D eigenvalue weighted by Gasteiger charge is 2.24. The lowest BCUT2D eigenvalue weighted by atomic mass is 10.1. The summed E-state index contributed by atoms with van der Waals surface area (Å²) in [6.45, 7) is 4.32. The summed E-state index contributed by atoms with van der Waals surface area (Å²) in [4.78, 5) is 12.3. The van der Waals surface area contributed by atoms with Gasteiger partial charge in [0.15, 0.2) is 0 Å². The maximum atomic E-state index is 12.3. The second kappa shape index (κ2) is 25.6. The van der Waals surface area contributed by atoms with Crippen molar-refractivity contribution in [2.24, 2.45) is 0 Å². The van der Waals surface area contributed by atoms with E-state index in [-0.39, 0.29) is 12.3 Å². The Bertz CT molecular complexity index is 786.